The summed E-state index contributed by atoms with van der Waals surface area (Å²) in [5, 5.41) is 3.21. The van der Waals surface area contributed by atoms with Crippen molar-refractivity contribution < 1.29 is 14.3 Å². The summed E-state index contributed by atoms with van der Waals surface area (Å²) in [6.07, 6.45) is 4.25. The fourth-order valence-corrected chi connectivity index (χ4v) is 4.60. The highest BCUT2D eigenvalue weighted by Gasteiger charge is 2.53. The first-order chi connectivity index (χ1) is 12.2. The molecule has 5 heteroatoms. The number of fused-ring (bicyclic) bond motifs is 1. The number of nitrogens with zero attached hydrogens (tertiary/aromatic N) is 1. The molecule has 0 aliphatic carbocycles. The maximum Gasteiger partial charge on any atom is 0.232 e. The summed E-state index contributed by atoms with van der Waals surface area (Å²) in [7, 11) is 0. The zero-order chi connectivity index (χ0) is 17.3. The van der Waals surface area contributed by atoms with Crippen molar-refractivity contribution in [3.8, 4) is 0 Å². The van der Waals surface area contributed by atoms with Crippen molar-refractivity contribution in [3.05, 3.63) is 35.9 Å². The van der Waals surface area contributed by atoms with Gasteiger partial charge in [-0.25, -0.2) is 0 Å². The van der Waals surface area contributed by atoms with Gasteiger partial charge in [0.1, 0.15) is 0 Å². The van der Waals surface area contributed by atoms with Gasteiger partial charge in [-0.1, -0.05) is 30.3 Å². The van der Waals surface area contributed by atoms with Crippen molar-refractivity contribution in [1.82, 2.24) is 10.2 Å². The number of amides is 2. The van der Waals surface area contributed by atoms with Crippen LogP contribution in [-0.4, -0.2) is 49.1 Å². The van der Waals surface area contributed by atoms with E-state index in [9.17, 15) is 9.59 Å². The first kappa shape index (κ1) is 16.6. The van der Waals surface area contributed by atoms with Crippen LogP contribution in [0.4, 0.5) is 0 Å². The predicted molar refractivity (Wildman–Crippen MR) is 94.0 cm³/mol. The number of hydrogen-bond acceptors (Lipinski definition) is 3. The van der Waals surface area contributed by atoms with E-state index in [-0.39, 0.29) is 17.9 Å². The van der Waals surface area contributed by atoms with Crippen LogP contribution in [0.3, 0.4) is 0 Å². The number of hydrogen-bond donors (Lipinski definition) is 1. The van der Waals surface area contributed by atoms with Gasteiger partial charge >= 0.3 is 0 Å². The van der Waals surface area contributed by atoms with Gasteiger partial charge in [0.25, 0.3) is 0 Å². The van der Waals surface area contributed by atoms with E-state index in [1.165, 1.54) is 0 Å². The monoisotopic (exact) mass is 342 g/mol. The molecule has 3 fully saturated rings. The van der Waals surface area contributed by atoms with Crippen LogP contribution in [0.25, 0.3) is 0 Å². The molecule has 5 nitrogen and oxygen atoms in total. The largest absolute Gasteiger partial charge is 0.381 e. The van der Waals surface area contributed by atoms with Crippen LogP contribution in [0.1, 0.15) is 37.7 Å². The number of carbonyl (C=O) groups excluding carboxylic acids is 2. The molecule has 2 amide bonds. The number of nitrogens with one attached hydrogen (secondary N) is 1. The molecule has 0 bridgehead atoms. The molecule has 1 aromatic carbocycles. The van der Waals surface area contributed by atoms with Gasteiger partial charge in [-0.2, -0.15) is 0 Å². The minimum Gasteiger partial charge on any atom is -0.381 e. The lowest BCUT2D eigenvalue weighted by atomic mass is 9.76. The highest BCUT2D eigenvalue weighted by Crippen LogP contribution is 2.43. The minimum absolute atomic E-state index is 0.0763. The molecule has 2 atom stereocenters. The standard InChI is InChI=1S/C20H26N2O3/c23-18-7-6-17-12-20(14-22(17)18,16-4-2-1-3-5-16)19(24)21-13-15-8-10-25-11-9-15/h1-5,15,17H,6-14H2,(H,21,24)/t17-,20-/m0/s1. The van der Waals surface area contributed by atoms with E-state index in [0.29, 0.717) is 25.4 Å². The van der Waals surface area contributed by atoms with Gasteiger partial charge in [0.05, 0.1) is 5.41 Å². The lowest BCUT2D eigenvalue weighted by molar-refractivity contribution is -0.129. The first-order valence-corrected chi connectivity index (χ1v) is 9.40. The number of benzene rings is 1. The average Bonchev–Trinajstić information content (AvgIpc) is 3.21. The Labute approximate surface area is 148 Å². The number of carbonyl (C=O) groups is 2. The van der Waals surface area contributed by atoms with Gasteiger partial charge in [-0.3, -0.25) is 9.59 Å². The van der Waals surface area contributed by atoms with Crippen LogP contribution in [0, 0.1) is 5.92 Å². The van der Waals surface area contributed by atoms with E-state index in [4.69, 9.17) is 4.74 Å². The Balaban J connectivity index is 1.54. The third kappa shape index (κ3) is 3.06. The third-order valence-electron chi connectivity index (χ3n) is 6.13. The molecule has 3 heterocycles. The highest BCUT2D eigenvalue weighted by molar-refractivity contribution is 5.91. The van der Waals surface area contributed by atoms with Gasteiger partial charge in [-0.05, 0) is 37.2 Å². The fourth-order valence-electron chi connectivity index (χ4n) is 4.60. The first-order valence-electron chi connectivity index (χ1n) is 9.40. The smallest absolute Gasteiger partial charge is 0.232 e. The average molecular weight is 342 g/mol. The van der Waals surface area contributed by atoms with Crippen LogP contribution in [0.15, 0.2) is 30.3 Å². The fraction of sp³-hybridized carbons (Fsp3) is 0.600. The van der Waals surface area contributed by atoms with Crippen LogP contribution < -0.4 is 5.32 Å². The van der Waals surface area contributed by atoms with Gasteiger partial charge < -0.3 is 15.0 Å². The lowest BCUT2D eigenvalue weighted by Crippen LogP contribution is -2.48. The molecule has 1 aromatic rings. The van der Waals surface area contributed by atoms with E-state index in [1.54, 1.807) is 0 Å². The Morgan fingerprint density at radius 1 is 1.20 bits per heavy atom. The lowest BCUT2D eigenvalue weighted by Gasteiger charge is -2.30. The summed E-state index contributed by atoms with van der Waals surface area (Å²) < 4.78 is 5.40. The molecular weight excluding hydrogens is 316 g/mol. The molecule has 0 unspecified atom stereocenters. The minimum atomic E-state index is -0.604. The number of ether oxygens (including phenoxy) is 1. The van der Waals surface area contributed by atoms with Crippen molar-refractivity contribution in [2.24, 2.45) is 5.92 Å². The topological polar surface area (TPSA) is 58.6 Å². The molecule has 0 radical (unpaired) electrons. The molecule has 134 valence electrons. The number of rotatable bonds is 4. The van der Waals surface area contributed by atoms with E-state index < -0.39 is 5.41 Å². The predicted octanol–water partition coefficient (Wildman–Crippen LogP) is 1.86. The van der Waals surface area contributed by atoms with E-state index in [0.717, 1.165) is 44.5 Å². The van der Waals surface area contributed by atoms with Crippen LogP contribution in [0.2, 0.25) is 0 Å². The van der Waals surface area contributed by atoms with E-state index in [1.807, 2.05) is 35.2 Å². The van der Waals surface area contributed by atoms with Gasteiger partial charge in [0, 0.05) is 38.8 Å². The Morgan fingerprint density at radius 2 is 1.96 bits per heavy atom. The quantitative estimate of drug-likeness (QED) is 0.909. The van der Waals surface area contributed by atoms with E-state index >= 15 is 0 Å². The second-order valence-electron chi connectivity index (χ2n) is 7.63. The van der Waals surface area contributed by atoms with Crippen LogP contribution >= 0.6 is 0 Å². The molecular formula is C20H26N2O3. The molecule has 0 spiro atoms. The highest BCUT2D eigenvalue weighted by atomic mass is 16.5. The summed E-state index contributed by atoms with van der Waals surface area (Å²) in [6.45, 7) is 2.79. The molecule has 25 heavy (non-hydrogen) atoms. The molecule has 4 rings (SSSR count). The van der Waals surface area contributed by atoms with Crippen molar-refractivity contribution >= 4 is 11.8 Å². The Kier molecular flexibility index (Phi) is 4.50. The maximum atomic E-state index is 13.3. The molecule has 0 aromatic heterocycles. The molecule has 3 aliphatic heterocycles. The zero-order valence-electron chi connectivity index (χ0n) is 14.6. The maximum absolute atomic E-state index is 13.3. The molecule has 3 aliphatic rings. The van der Waals surface area contributed by atoms with Crippen LogP contribution in [-0.2, 0) is 19.7 Å². The van der Waals surface area contributed by atoms with Crippen molar-refractivity contribution in [2.75, 3.05) is 26.3 Å². The summed E-state index contributed by atoms with van der Waals surface area (Å²) in [5.41, 5.74) is 0.425. The van der Waals surface area contributed by atoms with Crippen molar-refractivity contribution in [3.63, 3.8) is 0 Å². The summed E-state index contributed by atoms with van der Waals surface area (Å²) in [6, 6.07) is 10.2. The third-order valence-corrected chi connectivity index (χ3v) is 6.13. The zero-order valence-corrected chi connectivity index (χ0v) is 14.6. The molecule has 1 N–H and O–H groups in total. The summed E-state index contributed by atoms with van der Waals surface area (Å²) in [5.74, 6) is 0.765. The summed E-state index contributed by atoms with van der Waals surface area (Å²) >= 11 is 0. The second-order valence-corrected chi connectivity index (χ2v) is 7.63. The second kappa shape index (κ2) is 6.79. The SMILES string of the molecule is O=C1CC[C@H]2C[C@@](C(=O)NCC3CCOCC3)(c3ccccc3)CN12. The van der Waals surface area contributed by atoms with E-state index in [2.05, 4.69) is 5.32 Å². The van der Waals surface area contributed by atoms with Crippen LogP contribution in [0.5, 0.6) is 0 Å². The van der Waals surface area contributed by atoms with Gasteiger partial charge in [0.2, 0.25) is 11.8 Å². The summed E-state index contributed by atoms with van der Waals surface area (Å²) in [4.78, 5) is 27.4. The van der Waals surface area contributed by atoms with Gasteiger partial charge in [-0.15, -0.1) is 0 Å². The van der Waals surface area contributed by atoms with Gasteiger partial charge in [0.15, 0.2) is 0 Å². The Bertz CT molecular complexity index is 642. The Hall–Kier alpha value is -1.88. The normalized spacial score (nSPS) is 29.7. The molecule has 0 saturated carbocycles. The van der Waals surface area contributed by atoms with Crippen molar-refractivity contribution in [2.45, 2.75) is 43.6 Å². The van der Waals surface area contributed by atoms with Crippen molar-refractivity contribution in [1.29, 1.82) is 0 Å². The molecule has 3 saturated heterocycles. The Morgan fingerprint density at radius 3 is 2.68 bits per heavy atom.